The number of nitrogens with one attached hydrogen (secondary N) is 2. The molecular weight excluding hydrogens is 482 g/mol. The fourth-order valence-electron chi connectivity index (χ4n) is 5.22. The monoisotopic (exact) mass is 515 g/mol. The predicted octanol–water partition coefficient (Wildman–Crippen LogP) is 4.63. The van der Waals surface area contributed by atoms with Gasteiger partial charge in [0.25, 0.3) is 5.91 Å². The average molecular weight is 516 g/mol. The molecule has 1 aromatic carbocycles. The highest BCUT2D eigenvalue weighted by molar-refractivity contribution is 6.05. The summed E-state index contributed by atoms with van der Waals surface area (Å²) in [5.41, 5.74) is 1.87. The number of benzene rings is 1. The van der Waals surface area contributed by atoms with E-state index in [0.717, 1.165) is 18.7 Å². The second-order valence-electron chi connectivity index (χ2n) is 10.4. The standard InChI is InChI=1S/C28H33N7O3/c1-28(2)17-35(20-7-5-6-8-20)24-22(34(3)26(28)37)16-30-27(33-24)32-21-10-9-18(15-23(21)38-4)25(36)31-19-11-13-29-14-12-19/h9-16,20H,5-8,17H2,1-4H3,(H,29,31,36)(H,30,32,33). The highest BCUT2D eigenvalue weighted by Gasteiger charge is 2.41. The zero-order valence-electron chi connectivity index (χ0n) is 22.2. The number of amides is 2. The Bertz CT molecular complexity index is 1340. The summed E-state index contributed by atoms with van der Waals surface area (Å²) in [5.74, 6) is 1.41. The van der Waals surface area contributed by atoms with Crippen LogP contribution in [0.2, 0.25) is 0 Å². The molecule has 1 aliphatic heterocycles. The van der Waals surface area contributed by atoms with Crippen molar-refractivity contribution in [3.63, 3.8) is 0 Å². The summed E-state index contributed by atoms with van der Waals surface area (Å²) in [6, 6.07) is 8.93. The van der Waals surface area contributed by atoms with Gasteiger partial charge in [0.2, 0.25) is 11.9 Å². The Morgan fingerprint density at radius 3 is 2.58 bits per heavy atom. The van der Waals surface area contributed by atoms with Crippen LogP contribution in [0.1, 0.15) is 49.9 Å². The summed E-state index contributed by atoms with van der Waals surface area (Å²) in [7, 11) is 3.34. The number of carbonyl (C=O) groups is 2. The highest BCUT2D eigenvalue weighted by atomic mass is 16.5. The van der Waals surface area contributed by atoms with E-state index in [4.69, 9.17) is 9.72 Å². The minimum Gasteiger partial charge on any atom is -0.495 e. The highest BCUT2D eigenvalue weighted by Crippen LogP contribution is 2.40. The van der Waals surface area contributed by atoms with Gasteiger partial charge in [0, 0.05) is 43.3 Å². The van der Waals surface area contributed by atoms with E-state index in [0.29, 0.717) is 46.9 Å². The van der Waals surface area contributed by atoms with Crippen molar-refractivity contribution < 1.29 is 14.3 Å². The first kappa shape index (κ1) is 25.4. The lowest BCUT2D eigenvalue weighted by atomic mass is 9.91. The van der Waals surface area contributed by atoms with Crippen molar-refractivity contribution in [1.29, 1.82) is 0 Å². The van der Waals surface area contributed by atoms with Crippen LogP contribution in [0.15, 0.2) is 48.9 Å². The number of nitrogens with zero attached hydrogens (tertiary/aromatic N) is 5. The SMILES string of the molecule is COc1cc(C(=O)Nc2ccncc2)ccc1Nc1ncc2c(n1)N(C1CCCC1)CC(C)(C)C(=O)N2C. The number of hydrogen-bond acceptors (Lipinski definition) is 8. The molecule has 2 amide bonds. The molecule has 198 valence electrons. The molecule has 1 saturated carbocycles. The minimum atomic E-state index is -0.554. The second-order valence-corrected chi connectivity index (χ2v) is 10.4. The van der Waals surface area contributed by atoms with Crippen LogP contribution in [0, 0.1) is 5.41 Å². The van der Waals surface area contributed by atoms with Crippen LogP contribution in [0.5, 0.6) is 5.75 Å². The third-order valence-electron chi connectivity index (χ3n) is 7.25. The average Bonchev–Trinajstić information content (AvgIpc) is 3.44. The molecule has 5 rings (SSSR count). The number of hydrogen-bond donors (Lipinski definition) is 2. The molecule has 10 nitrogen and oxygen atoms in total. The molecule has 0 bridgehead atoms. The molecule has 2 aromatic heterocycles. The normalized spacial score (nSPS) is 17.1. The molecule has 3 heterocycles. The second kappa shape index (κ2) is 10.3. The lowest BCUT2D eigenvalue weighted by molar-refractivity contribution is -0.125. The van der Waals surface area contributed by atoms with Crippen molar-refractivity contribution in [1.82, 2.24) is 15.0 Å². The summed E-state index contributed by atoms with van der Waals surface area (Å²) < 4.78 is 5.58. The van der Waals surface area contributed by atoms with E-state index < -0.39 is 5.41 Å². The number of fused-ring (bicyclic) bond motifs is 1. The molecule has 3 aromatic rings. The number of aromatic nitrogens is 3. The fourth-order valence-corrected chi connectivity index (χ4v) is 5.22. The van der Waals surface area contributed by atoms with Gasteiger partial charge in [-0.1, -0.05) is 12.8 Å². The summed E-state index contributed by atoms with van der Waals surface area (Å²) in [6.07, 6.45) is 9.45. The zero-order valence-corrected chi connectivity index (χ0v) is 22.2. The fraction of sp³-hybridized carbons (Fsp3) is 0.393. The van der Waals surface area contributed by atoms with E-state index >= 15 is 0 Å². The Balaban J connectivity index is 1.44. The molecule has 0 saturated heterocycles. The van der Waals surface area contributed by atoms with Crippen molar-refractivity contribution in [2.45, 2.75) is 45.6 Å². The number of rotatable bonds is 6. The third-order valence-corrected chi connectivity index (χ3v) is 7.25. The van der Waals surface area contributed by atoms with Crippen molar-refractivity contribution >= 4 is 40.6 Å². The van der Waals surface area contributed by atoms with Gasteiger partial charge in [-0.2, -0.15) is 4.98 Å². The number of methoxy groups -OCH3 is 1. The van der Waals surface area contributed by atoms with Gasteiger partial charge >= 0.3 is 0 Å². The molecule has 0 spiro atoms. The zero-order chi connectivity index (χ0) is 26.9. The van der Waals surface area contributed by atoms with Crippen LogP contribution in [0.25, 0.3) is 0 Å². The summed E-state index contributed by atoms with van der Waals surface area (Å²) in [6.45, 7) is 4.57. The smallest absolute Gasteiger partial charge is 0.255 e. The molecule has 0 radical (unpaired) electrons. The maximum absolute atomic E-state index is 13.2. The molecule has 1 fully saturated rings. The van der Waals surface area contributed by atoms with Gasteiger partial charge in [0.15, 0.2) is 5.82 Å². The summed E-state index contributed by atoms with van der Waals surface area (Å²) in [5, 5.41) is 6.10. The third kappa shape index (κ3) is 4.98. The molecule has 2 N–H and O–H groups in total. The quantitative estimate of drug-likeness (QED) is 0.489. The first-order valence-corrected chi connectivity index (χ1v) is 12.8. The van der Waals surface area contributed by atoms with Crippen molar-refractivity contribution in [2.75, 3.05) is 41.1 Å². The van der Waals surface area contributed by atoms with Crippen LogP contribution < -0.4 is 25.2 Å². The van der Waals surface area contributed by atoms with E-state index in [2.05, 4.69) is 25.5 Å². The molecule has 38 heavy (non-hydrogen) atoms. The van der Waals surface area contributed by atoms with Gasteiger partial charge in [-0.3, -0.25) is 14.6 Å². The lowest BCUT2D eigenvalue weighted by Crippen LogP contribution is -2.45. The Morgan fingerprint density at radius 2 is 1.87 bits per heavy atom. The maximum Gasteiger partial charge on any atom is 0.255 e. The number of carbonyl (C=O) groups excluding carboxylic acids is 2. The van der Waals surface area contributed by atoms with Crippen LogP contribution in [-0.2, 0) is 4.79 Å². The van der Waals surface area contributed by atoms with Crippen LogP contribution >= 0.6 is 0 Å². The Morgan fingerprint density at radius 1 is 1.13 bits per heavy atom. The molecule has 0 atom stereocenters. The summed E-state index contributed by atoms with van der Waals surface area (Å²) >= 11 is 0. The molecule has 1 aliphatic carbocycles. The van der Waals surface area contributed by atoms with Crippen molar-refractivity contribution in [3.05, 3.63) is 54.5 Å². The summed E-state index contributed by atoms with van der Waals surface area (Å²) in [4.78, 5) is 43.3. The van der Waals surface area contributed by atoms with Gasteiger partial charge in [-0.25, -0.2) is 4.98 Å². The molecular formula is C28H33N7O3. The van der Waals surface area contributed by atoms with E-state index in [1.165, 1.54) is 12.8 Å². The first-order chi connectivity index (χ1) is 18.3. The topological polar surface area (TPSA) is 113 Å². The molecule has 10 heteroatoms. The van der Waals surface area contributed by atoms with E-state index in [-0.39, 0.29) is 11.8 Å². The van der Waals surface area contributed by atoms with E-state index in [9.17, 15) is 9.59 Å². The van der Waals surface area contributed by atoms with Gasteiger partial charge in [-0.05, 0) is 57.0 Å². The predicted molar refractivity (Wildman–Crippen MR) is 147 cm³/mol. The van der Waals surface area contributed by atoms with Crippen LogP contribution in [0.3, 0.4) is 0 Å². The van der Waals surface area contributed by atoms with Crippen LogP contribution in [-0.4, -0.2) is 53.5 Å². The van der Waals surface area contributed by atoms with Crippen molar-refractivity contribution in [3.8, 4) is 5.75 Å². The molecule has 0 unspecified atom stereocenters. The van der Waals surface area contributed by atoms with Gasteiger partial charge in [0.1, 0.15) is 11.4 Å². The van der Waals surface area contributed by atoms with E-state index in [1.54, 1.807) is 68.0 Å². The van der Waals surface area contributed by atoms with Gasteiger partial charge in [-0.15, -0.1) is 0 Å². The van der Waals surface area contributed by atoms with Gasteiger partial charge < -0.3 is 25.2 Å². The number of pyridine rings is 1. The maximum atomic E-state index is 13.2. The Kier molecular flexibility index (Phi) is 6.88. The molecule has 2 aliphatic rings. The van der Waals surface area contributed by atoms with Gasteiger partial charge in [0.05, 0.1) is 24.4 Å². The first-order valence-electron chi connectivity index (χ1n) is 12.8. The lowest BCUT2D eigenvalue weighted by Gasteiger charge is -2.34. The van der Waals surface area contributed by atoms with E-state index in [1.807, 2.05) is 13.8 Å². The number of anilines is 5. The Labute approximate surface area is 222 Å². The van der Waals surface area contributed by atoms with Crippen molar-refractivity contribution in [2.24, 2.45) is 5.41 Å². The van der Waals surface area contributed by atoms with Crippen LogP contribution in [0.4, 0.5) is 28.8 Å². The largest absolute Gasteiger partial charge is 0.495 e. The number of ether oxygens (including phenoxy) is 1. The Hall–Kier alpha value is -4.21. The minimum absolute atomic E-state index is 0.0471.